The molecule has 20 heavy (non-hydrogen) atoms. The topological polar surface area (TPSA) is 57.4 Å². The van der Waals surface area contributed by atoms with Gasteiger partial charge in [0.05, 0.1) is 16.3 Å². The van der Waals surface area contributed by atoms with Crippen molar-refractivity contribution in [2.75, 3.05) is 5.73 Å². The second-order valence-corrected chi connectivity index (χ2v) is 5.23. The van der Waals surface area contributed by atoms with Gasteiger partial charge in [0, 0.05) is 12.3 Å². The largest absolute Gasteiger partial charge is 0.485 e. The average Bonchev–Trinajstić information content (AvgIpc) is 2.37. The number of hydrogen-bond acceptors (Lipinski definition) is 4. The minimum absolute atomic E-state index is 0.0273. The molecular weight excluding hydrogens is 327 g/mol. The first-order valence-electron chi connectivity index (χ1n) is 6.01. The highest BCUT2D eigenvalue weighted by Crippen LogP contribution is 2.35. The van der Waals surface area contributed by atoms with Gasteiger partial charge < -0.3 is 15.2 Å². The van der Waals surface area contributed by atoms with Gasteiger partial charge in [0.25, 0.3) is 5.88 Å². The zero-order chi connectivity index (χ0) is 14.7. The summed E-state index contributed by atoms with van der Waals surface area (Å²) in [4.78, 5) is 4.08. The summed E-state index contributed by atoms with van der Waals surface area (Å²) in [5.74, 6) is 0.453. The van der Waals surface area contributed by atoms with Crippen molar-refractivity contribution in [2.24, 2.45) is 0 Å². The van der Waals surface area contributed by atoms with Crippen LogP contribution < -0.4 is 15.2 Å². The van der Waals surface area contributed by atoms with Crippen LogP contribution in [0.4, 0.5) is 10.1 Å². The first kappa shape index (κ1) is 14.6. The number of nitrogens with two attached hydrogens (primary N) is 1. The lowest BCUT2D eigenvalue weighted by atomic mass is 10.3. The Morgan fingerprint density at radius 2 is 2.05 bits per heavy atom. The first-order chi connectivity index (χ1) is 9.47. The standard InChI is InChI=1S/C14H14BrFN2O2/c1-8(2)19-12-4-3-5-18-14(12)20-13-7-10(16)9(15)6-11(13)17/h3-8H,17H2,1-2H3. The van der Waals surface area contributed by atoms with E-state index in [1.807, 2.05) is 13.8 Å². The summed E-state index contributed by atoms with van der Waals surface area (Å²) in [6.07, 6.45) is 1.54. The summed E-state index contributed by atoms with van der Waals surface area (Å²) in [5.41, 5.74) is 6.10. The maximum atomic E-state index is 13.5. The van der Waals surface area contributed by atoms with Gasteiger partial charge in [-0.15, -0.1) is 0 Å². The predicted octanol–water partition coefficient (Wildman–Crippen LogP) is 4.14. The molecule has 1 aromatic carbocycles. The van der Waals surface area contributed by atoms with E-state index in [4.69, 9.17) is 15.2 Å². The Bertz CT molecular complexity index is 620. The molecule has 106 valence electrons. The van der Waals surface area contributed by atoms with Crippen LogP contribution in [0.15, 0.2) is 34.9 Å². The van der Waals surface area contributed by atoms with Gasteiger partial charge in [-0.2, -0.15) is 0 Å². The van der Waals surface area contributed by atoms with Gasteiger partial charge in [0.2, 0.25) is 0 Å². The Morgan fingerprint density at radius 3 is 2.75 bits per heavy atom. The van der Waals surface area contributed by atoms with Crippen LogP contribution >= 0.6 is 15.9 Å². The zero-order valence-electron chi connectivity index (χ0n) is 11.1. The van der Waals surface area contributed by atoms with Crippen LogP contribution in [0.1, 0.15) is 13.8 Å². The highest BCUT2D eigenvalue weighted by molar-refractivity contribution is 9.10. The molecule has 0 atom stereocenters. The Labute approximate surface area is 124 Å². The summed E-state index contributed by atoms with van der Waals surface area (Å²) >= 11 is 3.06. The molecule has 0 spiro atoms. The highest BCUT2D eigenvalue weighted by atomic mass is 79.9. The van der Waals surface area contributed by atoms with Gasteiger partial charge in [-0.05, 0) is 48.0 Å². The zero-order valence-corrected chi connectivity index (χ0v) is 12.6. The van der Waals surface area contributed by atoms with E-state index in [9.17, 15) is 4.39 Å². The fourth-order valence-corrected chi connectivity index (χ4v) is 1.89. The van der Waals surface area contributed by atoms with Crippen molar-refractivity contribution in [3.8, 4) is 17.4 Å². The number of aromatic nitrogens is 1. The van der Waals surface area contributed by atoms with Crippen LogP contribution in [0.25, 0.3) is 0 Å². The lowest BCUT2D eigenvalue weighted by molar-refractivity contribution is 0.231. The third-order valence-electron chi connectivity index (χ3n) is 2.36. The summed E-state index contributed by atoms with van der Waals surface area (Å²) < 4.78 is 25.0. The van der Waals surface area contributed by atoms with Crippen molar-refractivity contribution in [1.82, 2.24) is 4.98 Å². The summed E-state index contributed by atoms with van der Waals surface area (Å²) in [6.45, 7) is 3.79. The lowest BCUT2D eigenvalue weighted by Crippen LogP contribution is -2.07. The molecule has 0 fully saturated rings. The number of nitrogens with zero attached hydrogens (tertiary/aromatic N) is 1. The van der Waals surface area contributed by atoms with Crippen molar-refractivity contribution in [2.45, 2.75) is 20.0 Å². The quantitative estimate of drug-likeness (QED) is 0.849. The van der Waals surface area contributed by atoms with Gasteiger partial charge in [-0.25, -0.2) is 9.37 Å². The van der Waals surface area contributed by atoms with Crippen molar-refractivity contribution in [1.29, 1.82) is 0 Å². The second kappa shape index (κ2) is 6.09. The monoisotopic (exact) mass is 340 g/mol. The number of anilines is 1. The van der Waals surface area contributed by atoms with Crippen LogP contribution in [0.3, 0.4) is 0 Å². The molecule has 1 aromatic heterocycles. The van der Waals surface area contributed by atoms with Gasteiger partial charge in [-0.3, -0.25) is 0 Å². The number of nitrogen functional groups attached to an aromatic ring is 1. The minimum Gasteiger partial charge on any atom is -0.485 e. The van der Waals surface area contributed by atoms with E-state index in [-0.39, 0.29) is 22.2 Å². The first-order valence-corrected chi connectivity index (χ1v) is 6.80. The Hall–Kier alpha value is -1.82. The molecule has 4 nitrogen and oxygen atoms in total. The number of rotatable bonds is 4. The Morgan fingerprint density at radius 1 is 1.30 bits per heavy atom. The van der Waals surface area contributed by atoms with Gasteiger partial charge in [0.1, 0.15) is 5.82 Å². The number of benzene rings is 1. The van der Waals surface area contributed by atoms with E-state index in [2.05, 4.69) is 20.9 Å². The number of ether oxygens (including phenoxy) is 2. The molecule has 0 aliphatic carbocycles. The van der Waals surface area contributed by atoms with Crippen LogP contribution in [0.2, 0.25) is 0 Å². The SMILES string of the molecule is CC(C)Oc1cccnc1Oc1cc(F)c(Br)cc1N. The Kier molecular flexibility index (Phi) is 4.44. The van der Waals surface area contributed by atoms with Crippen molar-refractivity contribution in [3.05, 3.63) is 40.8 Å². The number of halogens is 2. The number of pyridine rings is 1. The molecule has 0 amide bonds. The molecule has 0 saturated carbocycles. The van der Waals surface area contributed by atoms with Gasteiger partial charge in [0.15, 0.2) is 11.5 Å². The molecule has 0 saturated heterocycles. The molecule has 0 aliphatic heterocycles. The summed E-state index contributed by atoms with van der Waals surface area (Å²) in [5, 5.41) is 0. The molecule has 2 N–H and O–H groups in total. The van der Waals surface area contributed by atoms with Crippen LogP contribution in [-0.4, -0.2) is 11.1 Å². The Balaban J connectivity index is 2.33. The smallest absolute Gasteiger partial charge is 0.262 e. The molecule has 0 unspecified atom stereocenters. The molecule has 2 aromatic rings. The molecule has 0 radical (unpaired) electrons. The van der Waals surface area contributed by atoms with Crippen molar-refractivity contribution < 1.29 is 13.9 Å². The van der Waals surface area contributed by atoms with E-state index < -0.39 is 5.82 Å². The minimum atomic E-state index is -0.462. The van der Waals surface area contributed by atoms with Crippen LogP contribution in [0, 0.1) is 5.82 Å². The summed E-state index contributed by atoms with van der Waals surface area (Å²) in [7, 11) is 0. The molecule has 0 bridgehead atoms. The highest BCUT2D eigenvalue weighted by Gasteiger charge is 2.13. The van der Waals surface area contributed by atoms with Crippen LogP contribution in [-0.2, 0) is 0 Å². The fourth-order valence-electron chi connectivity index (χ4n) is 1.53. The third kappa shape index (κ3) is 3.39. The fraction of sp³-hybridized carbons (Fsp3) is 0.214. The third-order valence-corrected chi connectivity index (χ3v) is 2.97. The lowest BCUT2D eigenvalue weighted by Gasteiger charge is -2.14. The van der Waals surface area contributed by atoms with Crippen molar-refractivity contribution >= 4 is 21.6 Å². The predicted molar refractivity (Wildman–Crippen MR) is 78.6 cm³/mol. The normalized spacial score (nSPS) is 10.7. The van der Waals surface area contributed by atoms with E-state index in [0.717, 1.165) is 0 Å². The van der Waals surface area contributed by atoms with E-state index in [1.54, 1.807) is 18.3 Å². The van der Waals surface area contributed by atoms with Crippen LogP contribution in [0.5, 0.6) is 17.4 Å². The molecule has 6 heteroatoms. The maximum Gasteiger partial charge on any atom is 0.262 e. The molecule has 0 aliphatic rings. The number of hydrogen-bond donors (Lipinski definition) is 1. The van der Waals surface area contributed by atoms with Gasteiger partial charge in [-0.1, -0.05) is 0 Å². The maximum absolute atomic E-state index is 13.5. The second-order valence-electron chi connectivity index (χ2n) is 4.38. The molecule has 2 rings (SSSR count). The average molecular weight is 341 g/mol. The van der Waals surface area contributed by atoms with E-state index in [1.165, 1.54) is 12.1 Å². The van der Waals surface area contributed by atoms with E-state index >= 15 is 0 Å². The van der Waals surface area contributed by atoms with E-state index in [0.29, 0.717) is 11.4 Å². The summed E-state index contributed by atoms with van der Waals surface area (Å²) in [6, 6.07) is 6.10. The molecular formula is C14H14BrFN2O2. The molecule has 1 heterocycles. The van der Waals surface area contributed by atoms with Gasteiger partial charge >= 0.3 is 0 Å². The van der Waals surface area contributed by atoms with Crippen molar-refractivity contribution in [3.63, 3.8) is 0 Å².